The number of amides is 1. The third-order valence-electron chi connectivity index (χ3n) is 2.55. The SMILES string of the molecule is C#CCNc1cccc(C(=O)N(CC)CC)c1. The topological polar surface area (TPSA) is 32.3 Å². The number of hydrogen-bond donors (Lipinski definition) is 1. The fourth-order valence-corrected chi connectivity index (χ4v) is 1.61. The van der Waals surface area contributed by atoms with Crippen LogP contribution in [0.15, 0.2) is 24.3 Å². The maximum Gasteiger partial charge on any atom is 0.253 e. The van der Waals surface area contributed by atoms with Crippen LogP contribution in [0.1, 0.15) is 24.2 Å². The molecule has 1 N–H and O–H groups in total. The van der Waals surface area contributed by atoms with Gasteiger partial charge in [-0.25, -0.2) is 0 Å². The van der Waals surface area contributed by atoms with Gasteiger partial charge in [0.15, 0.2) is 0 Å². The number of anilines is 1. The van der Waals surface area contributed by atoms with E-state index in [1.54, 1.807) is 4.90 Å². The fraction of sp³-hybridized carbons (Fsp3) is 0.357. The molecule has 0 atom stereocenters. The number of nitrogens with one attached hydrogen (secondary N) is 1. The highest BCUT2D eigenvalue weighted by Gasteiger charge is 2.12. The first-order valence-electron chi connectivity index (χ1n) is 5.79. The predicted octanol–water partition coefficient (Wildman–Crippen LogP) is 2.21. The minimum atomic E-state index is 0.0550. The molecule has 90 valence electrons. The molecule has 1 aromatic rings. The van der Waals surface area contributed by atoms with Gasteiger partial charge in [-0.15, -0.1) is 6.42 Å². The zero-order valence-corrected chi connectivity index (χ0v) is 10.4. The van der Waals surface area contributed by atoms with Gasteiger partial charge in [0.1, 0.15) is 0 Å². The molecule has 1 amide bonds. The molecule has 0 aliphatic carbocycles. The molecule has 0 aromatic heterocycles. The number of rotatable bonds is 5. The largest absolute Gasteiger partial charge is 0.374 e. The molecule has 0 saturated carbocycles. The zero-order chi connectivity index (χ0) is 12.7. The summed E-state index contributed by atoms with van der Waals surface area (Å²) < 4.78 is 0. The summed E-state index contributed by atoms with van der Waals surface area (Å²) in [5.41, 5.74) is 1.57. The second kappa shape index (κ2) is 6.59. The normalized spacial score (nSPS) is 9.47. The van der Waals surface area contributed by atoms with E-state index in [0.717, 1.165) is 18.8 Å². The lowest BCUT2D eigenvalue weighted by atomic mass is 10.1. The second-order valence-electron chi connectivity index (χ2n) is 3.62. The Morgan fingerprint density at radius 2 is 2.12 bits per heavy atom. The van der Waals surface area contributed by atoms with Crippen LogP contribution < -0.4 is 5.32 Å². The Bertz CT molecular complexity index is 416. The maximum atomic E-state index is 12.1. The van der Waals surface area contributed by atoms with E-state index < -0.39 is 0 Å². The fourth-order valence-electron chi connectivity index (χ4n) is 1.61. The van der Waals surface area contributed by atoms with Crippen LogP contribution in [-0.2, 0) is 0 Å². The van der Waals surface area contributed by atoms with Gasteiger partial charge in [0.25, 0.3) is 5.91 Å². The molecule has 3 nitrogen and oxygen atoms in total. The second-order valence-corrected chi connectivity index (χ2v) is 3.62. The molecule has 0 spiro atoms. The van der Waals surface area contributed by atoms with Crippen molar-refractivity contribution in [2.45, 2.75) is 13.8 Å². The molecule has 0 unspecified atom stereocenters. The van der Waals surface area contributed by atoms with Gasteiger partial charge in [0.2, 0.25) is 0 Å². The van der Waals surface area contributed by atoms with Crippen molar-refractivity contribution < 1.29 is 4.79 Å². The first kappa shape index (κ1) is 13.1. The third kappa shape index (κ3) is 3.53. The molecule has 0 saturated heterocycles. The van der Waals surface area contributed by atoms with Crippen LogP contribution in [0.3, 0.4) is 0 Å². The Labute approximate surface area is 103 Å². The average Bonchev–Trinajstić information content (AvgIpc) is 2.38. The Morgan fingerprint density at radius 1 is 1.41 bits per heavy atom. The van der Waals surface area contributed by atoms with Gasteiger partial charge in [-0.3, -0.25) is 4.79 Å². The molecule has 1 aromatic carbocycles. The molecule has 0 aliphatic heterocycles. The minimum absolute atomic E-state index is 0.0550. The van der Waals surface area contributed by atoms with E-state index in [0.29, 0.717) is 12.1 Å². The third-order valence-corrected chi connectivity index (χ3v) is 2.55. The molecule has 0 heterocycles. The predicted molar refractivity (Wildman–Crippen MR) is 71.0 cm³/mol. The van der Waals surface area contributed by atoms with E-state index in [1.807, 2.05) is 38.1 Å². The maximum absolute atomic E-state index is 12.1. The van der Waals surface area contributed by atoms with E-state index in [4.69, 9.17) is 6.42 Å². The highest BCUT2D eigenvalue weighted by Crippen LogP contribution is 2.12. The zero-order valence-electron chi connectivity index (χ0n) is 10.4. The van der Waals surface area contributed by atoms with Crippen LogP contribution in [-0.4, -0.2) is 30.4 Å². The van der Waals surface area contributed by atoms with Crippen LogP contribution >= 0.6 is 0 Å². The van der Waals surface area contributed by atoms with Crippen molar-refractivity contribution in [3.05, 3.63) is 29.8 Å². The summed E-state index contributed by atoms with van der Waals surface area (Å²) in [6.45, 7) is 5.85. The number of carbonyl (C=O) groups excluding carboxylic acids is 1. The number of hydrogen-bond acceptors (Lipinski definition) is 2. The quantitative estimate of drug-likeness (QED) is 0.787. The van der Waals surface area contributed by atoms with Crippen molar-refractivity contribution in [1.29, 1.82) is 0 Å². The molecule has 1 rings (SSSR count). The van der Waals surface area contributed by atoms with Gasteiger partial charge in [-0.05, 0) is 32.0 Å². The Morgan fingerprint density at radius 3 is 2.71 bits per heavy atom. The molecule has 0 bridgehead atoms. The summed E-state index contributed by atoms with van der Waals surface area (Å²) in [6.07, 6.45) is 5.18. The number of carbonyl (C=O) groups is 1. The minimum Gasteiger partial charge on any atom is -0.374 e. The Hall–Kier alpha value is -1.95. The van der Waals surface area contributed by atoms with E-state index in [2.05, 4.69) is 11.2 Å². The first-order chi connectivity index (χ1) is 8.22. The summed E-state index contributed by atoms with van der Waals surface area (Å²) in [5, 5.41) is 3.06. The number of nitrogens with zero attached hydrogens (tertiary/aromatic N) is 1. The van der Waals surface area contributed by atoms with Gasteiger partial charge >= 0.3 is 0 Å². The van der Waals surface area contributed by atoms with Gasteiger partial charge in [-0.2, -0.15) is 0 Å². The first-order valence-corrected chi connectivity index (χ1v) is 5.79. The van der Waals surface area contributed by atoms with Gasteiger partial charge in [0.05, 0.1) is 6.54 Å². The molecule has 0 aliphatic rings. The van der Waals surface area contributed by atoms with E-state index in [1.165, 1.54) is 0 Å². The summed E-state index contributed by atoms with van der Waals surface area (Å²) in [5.74, 6) is 2.56. The van der Waals surface area contributed by atoms with Crippen molar-refractivity contribution in [2.75, 3.05) is 25.0 Å². The van der Waals surface area contributed by atoms with E-state index >= 15 is 0 Å². The Kier molecular flexibility index (Phi) is 5.09. The van der Waals surface area contributed by atoms with Crippen molar-refractivity contribution in [2.24, 2.45) is 0 Å². The monoisotopic (exact) mass is 230 g/mol. The standard InChI is InChI=1S/C14H18N2O/c1-4-10-15-13-9-7-8-12(11-13)14(17)16(5-2)6-3/h1,7-9,11,15H,5-6,10H2,2-3H3. The molecule has 0 radical (unpaired) electrons. The van der Waals surface area contributed by atoms with Crippen molar-refractivity contribution in [3.8, 4) is 12.3 Å². The molecular formula is C14H18N2O. The lowest BCUT2D eigenvalue weighted by molar-refractivity contribution is 0.0773. The van der Waals surface area contributed by atoms with Crippen LogP contribution in [0, 0.1) is 12.3 Å². The van der Waals surface area contributed by atoms with Crippen molar-refractivity contribution in [3.63, 3.8) is 0 Å². The van der Waals surface area contributed by atoms with Crippen LogP contribution in [0.2, 0.25) is 0 Å². The lowest BCUT2D eigenvalue weighted by Gasteiger charge is -2.18. The lowest BCUT2D eigenvalue weighted by Crippen LogP contribution is -2.30. The summed E-state index contributed by atoms with van der Waals surface area (Å²) in [6, 6.07) is 7.41. The number of benzene rings is 1. The van der Waals surface area contributed by atoms with Gasteiger partial charge < -0.3 is 10.2 Å². The van der Waals surface area contributed by atoms with Crippen LogP contribution in [0.25, 0.3) is 0 Å². The van der Waals surface area contributed by atoms with E-state index in [9.17, 15) is 4.79 Å². The van der Waals surface area contributed by atoms with Crippen molar-refractivity contribution in [1.82, 2.24) is 4.90 Å². The highest BCUT2D eigenvalue weighted by atomic mass is 16.2. The smallest absolute Gasteiger partial charge is 0.253 e. The summed E-state index contributed by atoms with van der Waals surface area (Å²) >= 11 is 0. The Balaban J connectivity index is 2.84. The number of terminal acetylenes is 1. The highest BCUT2D eigenvalue weighted by molar-refractivity contribution is 5.95. The van der Waals surface area contributed by atoms with Crippen LogP contribution in [0.5, 0.6) is 0 Å². The van der Waals surface area contributed by atoms with Gasteiger partial charge in [0, 0.05) is 24.3 Å². The summed E-state index contributed by atoms with van der Waals surface area (Å²) in [4.78, 5) is 13.9. The van der Waals surface area contributed by atoms with Gasteiger partial charge in [-0.1, -0.05) is 12.0 Å². The average molecular weight is 230 g/mol. The molecule has 3 heteroatoms. The molecule has 0 fully saturated rings. The van der Waals surface area contributed by atoms with E-state index in [-0.39, 0.29) is 5.91 Å². The van der Waals surface area contributed by atoms with Crippen LogP contribution in [0.4, 0.5) is 5.69 Å². The molecular weight excluding hydrogens is 212 g/mol. The molecule has 17 heavy (non-hydrogen) atoms. The summed E-state index contributed by atoms with van der Waals surface area (Å²) in [7, 11) is 0. The van der Waals surface area contributed by atoms with Crippen molar-refractivity contribution >= 4 is 11.6 Å².